The van der Waals surface area contributed by atoms with Gasteiger partial charge in [0.15, 0.2) is 11.5 Å². The van der Waals surface area contributed by atoms with E-state index in [0.29, 0.717) is 54.8 Å². The third kappa shape index (κ3) is 4.34. The molecule has 2 unspecified atom stereocenters. The van der Waals surface area contributed by atoms with Gasteiger partial charge in [-0.15, -0.1) is 0 Å². The van der Waals surface area contributed by atoms with Gasteiger partial charge in [0.2, 0.25) is 0 Å². The number of carbonyl (C=O) groups is 1. The van der Waals surface area contributed by atoms with Gasteiger partial charge < -0.3 is 24.2 Å². The number of hydrogen-bond acceptors (Lipinski definition) is 6. The van der Waals surface area contributed by atoms with Crippen molar-refractivity contribution < 1.29 is 24.1 Å². The molecule has 3 heterocycles. The fourth-order valence-corrected chi connectivity index (χ4v) is 4.91. The van der Waals surface area contributed by atoms with Gasteiger partial charge >= 0.3 is 0 Å². The first-order valence-corrected chi connectivity index (χ1v) is 12.3. The number of aromatic amines is 1. The normalized spacial score (nSPS) is 19.3. The molecule has 2 N–H and O–H groups in total. The molecule has 8 heteroatoms. The Kier molecular flexibility index (Phi) is 6.63. The summed E-state index contributed by atoms with van der Waals surface area (Å²) in [6, 6.07) is 12.5. The molecule has 2 aromatic carbocycles. The number of nitrogens with zero attached hydrogens (tertiary/aromatic N) is 2. The van der Waals surface area contributed by atoms with E-state index in [1.165, 1.54) is 0 Å². The van der Waals surface area contributed by atoms with Gasteiger partial charge in [0.25, 0.3) is 5.91 Å². The van der Waals surface area contributed by atoms with Crippen LogP contribution in [0.5, 0.6) is 17.2 Å². The van der Waals surface area contributed by atoms with Crippen molar-refractivity contribution in [2.24, 2.45) is 0 Å². The molecule has 3 aromatic rings. The van der Waals surface area contributed by atoms with Crippen LogP contribution in [-0.2, 0) is 4.74 Å². The van der Waals surface area contributed by atoms with Gasteiger partial charge in [0.1, 0.15) is 17.1 Å². The van der Waals surface area contributed by atoms with Crippen molar-refractivity contribution in [1.29, 1.82) is 0 Å². The van der Waals surface area contributed by atoms with E-state index in [4.69, 9.17) is 14.2 Å². The quantitative estimate of drug-likeness (QED) is 0.464. The summed E-state index contributed by atoms with van der Waals surface area (Å²) >= 11 is 0. The maximum Gasteiger partial charge on any atom is 0.273 e. The zero-order valence-corrected chi connectivity index (χ0v) is 20.1. The molecule has 2 atom stereocenters. The molecule has 184 valence electrons. The number of aromatic hydroxyl groups is 1. The van der Waals surface area contributed by atoms with Crippen LogP contribution in [0, 0.1) is 0 Å². The lowest BCUT2D eigenvalue weighted by Gasteiger charge is -2.29. The van der Waals surface area contributed by atoms with E-state index in [2.05, 4.69) is 17.1 Å². The molecular weight excluding hydrogens is 446 g/mol. The number of phenolic OH excluding ortho intramolecular Hbond substituents is 1. The summed E-state index contributed by atoms with van der Waals surface area (Å²) < 4.78 is 17.7. The van der Waals surface area contributed by atoms with Crippen molar-refractivity contribution >= 4 is 5.91 Å². The number of benzene rings is 2. The number of para-hydroxylation sites is 1. The van der Waals surface area contributed by atoms with E-state index >= 15 is 0 Å². The minimum Gasteiger partial charge on any atom is -0.507 e. The number of nitrogens with one attached hydrogen (secondary N) is 1. The summed E-state index contributed by atoms with van der Waals surface area (Å²) in [5.74, 6) is 1.31. The van der Waals surface area contributed by atoms with Gasteiger partial charge in [-0.05, 0) is 56.0 Å². The second-order valence-electron chi connectivity index (χ2n) is 8.86. The number of aromatic nitrogens is 2. The minimum atomic E-state index is -0.408. The van der Waals surface area contributed by atoms with E-state index in [0.717, 1.165) is 30.4 Å². The molecule has 8 nitrogen and oxygen atoms in total. The van der Waals surface area contributed by atoms with E-state index in [1.807, 2.05) is 42.2 Å². The molecule has 35 heavy (non-hydrogen) atoms. The van der Waals surface area contributed by atoms with Crippen LogP contribution >= 0.6 is 0 Å². The highest BCUT2D eigenvalue weighted by molar-refractivity contribution is 6.00. The first-order chi connectivity index (χ1) is 17.1. The summed E-state index contributed by atoms with van der Waals surface area (Å²) in [7, 11) is 0. The van der Waals surface area contributed by atoms with Crippen molar-refractivity contribution in [1.82, 2.24) is 15.1 Å². The van der Waals surface area contributed by atoms with Crippen molar-refractivity contribution in [3.05, 3.63) is 59.3 Å². The summed E-state index contributed by atoms with van der Waals surface area (Å²) in [4.78, 5) is 15.4. The number of ether oxygens (including phenoxy) is 3. The molecule has 0 radical (unpaired) electrons. The fraction of sp³-hybridized carbons (Fsp3) is 0.407. The van der Waals surface area contributed by atoms with E-state index < -0.39 is 6.04 Å². The Bertz CT molecular complexity index is 1200. The zero-order valence-electron chi connectivity index (χ0n) is 20.1. The lowest BCUT2D eigenvalue weighted by molar-refractivity contribution is 0.0495. The summed E-state index contributed by atoms with van der Waals surface area (Å²) in [6.45, 7) is 6.27. The summed E-state index contributed by atoms with van der Waals surface area (Å²) in [5, 5.41) is 18.0. The van der Waals surface area contributed by atoms with E-state index in [1.54, 1.807) is 12.1 Å². The van der Waals surface area contributed by atoms with Crippen molar-refractivity contribution in [2.75, 3.05) is 26.4 Å². The average molecular weight is 478 g/mol. The lowest BCUT2D eigenvalue weighted by Crippen LogP contribution is -2.36. The van der Waals surface area contributed by atoms with Gasteiger partial charge in [0, 0.05) is 24.3 Å². The van der Waals surface area contributed by atoms with Crippen molar-refractivity contribution in [2.45, 2.75) is 45.3 Å². The van der Waals surface area contributed by atoms with E-state index in [-0.39, 0.29) is 17.8 Å². The molecule has 1 aromatic heterocycles. The maximum atomic E-state index is 13.6. The molecule has 2 aliphatic heterocycles. The van der Waals surface area contributed by atoms with Crippen LogP contribution in [0.15, 0.2) is 42.5 Å². The number of fused-ring (bicyclic) bond motifs is 1. The third-order valence-electron chi connectivity index (χ3n) is 6.49. The second-order valence-corrected chi connectivity index (χ2v) is 8.86. The van der Waals surface area contributed by atoms with Gasteiger partial charge in [0.05, 0.1) is 25.4 Å². The molecule has 5 rings (SSSR count). The smallest absolute Gasteiger partial charge is 0.273 e. The minimum absolute atomic E-state index is 0.00878. The van der Waals surface area contributed by atoms with Gasteiger partial charge in [-0.1, -0.05) is 25.1 Å². The van der Waals surface area contributed by atoms with Crippen LogP contribution in [0.4, 0.5) is 0 Å². The molecule has 0 spiro atoms. The first kappa shape index (κ1) is 23.2. The standard InChI is InChI=1S/C27H31N3O5/c1-3-13-35-21-12-11-17(15-22(21)33-4-2)26-23-24(19-9-5-6-10-20(19)31)28-29-25(23)27(32)30(26)16-18-8-7-14-34-18/h5-6,9-12,15,18,26,31H,3-4,7-8,13-14,16H2,1-2H3,(H,28,29). The summed E-state index contributed by atoms with van der Waals surface area (Å²) in [5.41, 5.74) is 3.22. The number of hydrogen-bond donors (Lipinski definition) is 2. The molecule has 1 amide bonds. The van der Waals surface area contributed by atoms with Crippen LogP contribution < -0.4 is 9.47 Å². The molecular formula is C27H31N3O5. The monoisotopic (exact) mass is 477 g/mol. The van der Waals surface area contributed by atoms with Crippen LogP contribution in [0.25, 0.3) is 11.3 Å². The number of amides is 1. The Hall–Kier alpha value is -3.52. The van der Waals surface area contributed by atoms with Gasteiger partial charge in [-0.3, -0.25) is 9.89 Å². The molecule has 2 aliphatic rings. The van der Waals surface area contributed by atoms with Crippen LogP contribution in [0.2, 0.25) is 0 Å². The predicted octanol–water partition coefficient (Wildman–Crippen LogP) is 4.69. The van der Waals surface area contributed by atoms with Crippen molar-refractivity contribution in [3.8, 4) is 28.5 Å². The average Bonchev–Trinajstić information content (AvgIpc) is 3.59. The van der Waals surface area contributed by atoms with Gasteiger partial charge in [-0.25, -0.2) is 0 Å². The Morgan fingerprint density at radius 3 is 2.77 bits per heavy atom. The molecule has 1 fully saturated rings. The number of carbonyl (C=O) groups excluding carboxylic acids is 1. The predicted molar refractivity (Wildman–Crippen MR) is 131 cm³/mol. The highest BCUT2D eigenvalue weighted by atomic mass is 16.5. The summed E-state index contributed by atoms with van der Waals surface area (Å²) in [6.07, 6.45) is 2.79. The molecule has 0 aliphatic carbocycles. The first-order valence-electron chi connectivity index (χ1n) is 12.3. The van der Waals surface area contributed by atoms with Gasteiger partial charge in [-0.2, -0.15) is 5.10 Å². The Balaban J connectivity index is 1.62. The molecule has 0 saturated carbocycles. The maximum absolute atomic E-state index is 13.6. The SMILES string of the molecule is CCCOc1ccc(C2c3c(-c4ccccc4O)n[nH]c3C(=O)N2CC2CCCO2)cc1OCC. The van der Waals surface area contributed by atoms with Crippen LogP contribution in [0.3, 0.4) is 0 Å². The zero-order chi connectivity index (χ0) is 24.4. The number of phenols is 1. The largest absolute Gasteiger partial charge is 0.507 e. The highest BCUT2D eigenvalue weighted by Crippen LogP contribution is 2.46. The van der Waals surface area contributed by atoms with Crippen molar-refractivity contribution in [3.63, 3.8) is 0 Å². The fourth-order valence-electron chi connectivity index (χ4n) is 4.91. The third-order valence-corrected chi connectivity index (χ3v) is 6.49. The number of rotatable bonds is 9. The van der Waals surface area contributed by atoms with E-state index in [9.17, 15) is 9.90 Å². The topological polar surface area (TPSA) is 96.9 Å². The lowest BCUT2D eigenvalue weighted by atomic mass is 9.95. The molecule has 0 bridgehead atoms. The number of H-pyrrole nitrogens is 1. The highest BCUT2D eigenvalue weighted by Gasteiger charge is 2.44. The van der Waals surface area contributed by atoms with Crippen LogP contribution in [0.1, 0.15) is 60.8 Å². The Morgan fingerprint density at radius 1 is 1.17 bits per heavy atom. The second kappa shape index (κ2) is 10.00. The Labute approximate surface area is 204 Å². The Morgan fingerprint density at radius 2 is 2.03 bits per heavy atom. The van der Waals surface area contributed by atoms with Crippen LogP contribution in [-0.4, -0.2) is 58.6 Å². The molecule has 1 saturated heterocycles.